The molecule has 1 aromatic carbocycles. The van der Waals surface area contributed by atoms with Crippen molar-refractivity contribution in [2.24, 2.45) is 0 Å². The highest BCUT2D eigenvalue weighted by Gasteiger charge is 2.10. The number of ether oxygens (including phenoxy) is 1. The average Bonchev–Trinajstić information content (AvgIpc) is 2.97. The van der Waals surface area contributed by atoms with Gasteiger partial charge in [0.15, 0.2) is 11.2 Å². The summed E-state index contributed by atoms with van der Waals surface area (Å²) >= 11 is 0. The normalized spacial score (nSPS) is 10.4. The van der Waals surface area contributed by atoms with Crippen LogP contribution in [0, 0.1) is 12.3 Å². The predicted molar refractivity (Wildman–Crippen MR) is 82.9 cm³/mol. The Morgan fingerprint density at radius 3 is 2.86 bits per heavy atom. The molecule has 0 unspecified atom stereocenters. The molecule has 22 heavy (non-hydrogen) atoms. The zero-order valence-electron chi connectivity index (χ0n) is 12.0. The lowest BCUT2D eigenvalue weighted by molar-refractivity contribution is 0.340. The molecule has 0 fully saturated rings. The van der Waals surface area contributed by atoms with Crippen LogP contribution < -0.4 is 10.1 Å². The smallest absolute Gasteiger partial charge is 0.225 e. The van der Waals surface area contributed by atoms with E-state index in [0.29, 0.717) is 30.3 Å². The fraction of sp³-hybridized carbons (Fsp3) is 0.200. The SMILES string of the molecule is C#CCNc1ncc2nnn(-c3ccc(OCC)cc3)c2n1. The van der Waals surface area contributed by atoms with E-state index in [1.165, 1.54) is 0 Å². The summed E-state index contributed by atoms with van der Waals surface area (Å²) in [4.78, 5) is 8.53. The summed E-state index contributed by atoms with van der Waals surface area (Å²) in [5.74, 6) is 3.73. The van der Waals surface area contributed by atoms with E-state index in [0.717, 1.165) is 11.4 Å². The minimum atomic E-state index is 0.357. The third kappa shape index (κ3) is 2.67. The summed E-state index contributed by atoms with van der Waals surface area (Å²) in [6, 6.07) is 7.56. The van der Waals surface area contributed by atoms with Crippen molar-refractivity contribution in [1.29, 1.82) is 0 Å². The number of hydrogen-bond donors (Lipinski definition) is 1. The average molecular weight is 294 g/mol. The van der Waals surface area contributed by atoms with Gasteiger partial charge in [-0.25, -0.2) is 4.98 Å². The summed E-state index contributed by atoms with van der Waals surface area (Å²) in [5.41, 5.74) is 2.06. The molecule has 1 N–H and O–H groups in total. The summed E-state index contributed by atoms with van der Waals surface area (Å²) in [7, 11) is 0. The number of benzene rings is 1. The highest BCUT2D eigenvalue weighted by atomic mass is 16.5. The van der Waals surface area contributed by atoms with Gasteiger partial charge in [-0.3, -0.25) is 0 Å². The fourth-order valence-electron chi connectivity index (χ4n) is 1.97. The van der Waals surface area contributed by atoms with Crippen molar-refractivity contribution in [3.63, 3.8) is 0 Å². The summed E-state index contributed by atoms with van der Waals surface area (Å²) in [5, 5.41) is 11.1. The van der Waals surface area contributed by atoms with Gasteiger partial charge in [0.05, 0.1) is 25.0 Å². The lowest BCUT2D eigenvalue weighted by Crippen LogP contribution is -2.05. The molecule has 0 saturated heterocycles. The Balaban J connectivity index is 1.97. The Bertz CT molecular complexity index is 818. The van der Waals surface area contributed by atoms with E-state index in [1.807, 2.05) is 31.2 Å². The maximum Gasteiger partial charge on any atom is 0.225 e. The van der Waals surface area contributed by atoms with Gasteiger partial charge in [0.2, 0.25) is 5.95 Å². The Labute approximate surface area is 127 Å². The second-order valence-electron chi connectivity index (χ2n) is 4.39. The molecule has 2 aromatic heterocycles. The van der Waals surface area contributed by atoms with Crippen LogP contribution in [-0.2, 0) is 0 Å². The molecule has 3 rings (SSSR count). The van der Waals surface area contributed by atoms with Gasteiger partial charge in [0.25, 0.3) is 0 Å². The van der Waals surface area contributed by atoms with Crippen molar-refractivity contribution in [3.8, 4) is 23.8 Å². The first kappa shape index (κ1) is 13.8. The number of fused-ring (bicyclic) bond motifs is 1. The van der Waals surface area contributed by atoms with E-state index >= 15 is 0 Å². The number of nitrogens with zero attached hydrogens (tertiary/aromatic N) is 5. The first-order chi connectivity index (χ1) is 10.8. The molecule has 0 aliphatic rings. The fourth-order valence-corrected chi connectivity index (χ4v) is 1.97. The van der Waals surface area contributed by atoms with Crippen molar-refractivity contribution in [1.82, 2.24) is 25.0 Å². The van der Waals surface area contributed by atoms with Crippen LogP contribution in [-0.4, -0.2) is 38.1 Å². The maximum absolute atomic E-state index is 5.43. The van der Waals surface area contributed by atoms with Crippen LogP contribution in [0.3, 0.4) is 0 Å². The van der Waals surface area contributed by atoms with E-state index in [-0.39, 0.29) is 0 Å². The van der Waals surface area contributed by atoms with Gasteiger partial charge in [0, 0.05) is 0 Å². The molecule has 0 aliphatic heterocycles. The van der Waals surface area contributed by atoms with Crippen LogP contribution >= 0.6 is 0 Å². The molecule has 0 saturated carbocycles. The Morgan fingerprint density at radius 2 is 2.14 bits per heavy atom. The second-order valence-corrected chi connectivity index (χ2v) is 4.39. The van der Waals surface area contributed by atoms with Crippen LogP contribution in [0.1, 0.15) is 6.92 Å². The summed E-state index contributed by atoms with van der Waals surface area (Å²) in [6.45, 7) is 2.93. The minimum Gasteiger partial charge on any atom is -0.494 e. The standard InChI is InChI=1S/C15H14N6O/c1-3-9-16-15-17-10-13-14(18-15)21(20-19-13)11-5-7-12(8-6-11)22-4-2/h1,5-8,10H,4,9H2,2H3,(H,16,17,18). The van der Waals surface area contributed by atoms with Gasteiger partial charge < -0.3 is 10.1 Å². The highest BCUT2D eigenvalue weighted by molar-refractivity contribution is 5.72. The van der Waals surface area contributed by atoms with Crippen molar-refractivity contribution in [2.45, 2.75) is 6.92 Å². The Hall–Kier alpha value is -3.14. The number of nitrogens with one attached hydrogen (secondary N) is 1. The lowest BCUT2D eigenvalue weighted by Gasteiger charge is -2.05. The molecule has 7 nitrogen and oxygen atoms in total. The largest absolute Gasteiger partial charge is 0.494 e. The number of rotatable bonds is 5. The molecule has 0 aliphatic carbocycles. The first-order valence-corrected chi connectivity index (χ1v) is 6.81. The molecule has 0 spiro atoms. The topological polar surface area (TPSA) is 77.8 Å². The molecule has 7 heteroatoms. The zero-order chi connectivity index (χ0) is 15.4. The van der Waals surface area contributed by atoms with Crippen molar-refractivity contribution in [2.75, 3.05) is 18.5 Å². The van der Waals surface area contributed by atoms with Gasteiger partial charge in [-0.1, -0.05) is 11.1 Å². The molecular formula is C15H14N6O. The molecule has 0 amide bonds. The molecule has 110 valence electrons. The van der Waals surface area contributed by atoms with Crippen LogP contribution in [0.25, 0.3) is 16.9 Å². The Kier molecular flexibility index (Phi) is 3.83. The van der Waals surface area contributed by atoms with Gasteiger partial charge in [-0.05, 0) is 31.2 Å². The molecule has 0 bridgehead atoms. The molecule has 0 radical (unpaired) electrons. The second kappa shape index (κ2) is 6.10. The predicted octanol–water partition coefficient (Wildman–Crippen LogP) is 1.65. The van der Waals surface area contributed by atoms with E-state index in [2.05, 4.69) is 31.5 Å². The van der Waals surface area contributed by atoms with Crippen LogP contribution in [0.4, 0.5) is 5.95 Å². The lowest BCUT2D eigenvalue weighted by atomic mass is 10.3. The number of aromatic nitrogens is 5. The quantitative estimate of drug-likeness (QED) is 0.721. The van der Waals surface area contributed by atoms with Crippen molar-refractivity contribution < 1.29 is 4.74 Å². The molecule has 3 aromatic rings. The van der Waals surface area contributed by atoms with Gasteiger partial charge in [-0.15, -0.1) is 11.5 Å². The summed E-state index contributed by atoms with van der Waals surface area (Å²) < 4.78 is 7.08. The van der Waals surface area contributed by atoms with Crippen LogP contribution in [0.2, 0.25) is 0 Å². The minimum absolute atomic E-state index is 0.357. The van der Waals surface area contributed by atoms with E-state index in [9.17, 15) is 0 Å². The van der Waals surface area contributed by atoms with E-state index in [1.54, 1.807) is 10.9 Å². The third-order valence-electron chi connectivity index (χ3n) is 2.93. The van der Waals surface area contributed by atoms with E-state index < -0.39 is 0 Å². The number of hydrogen-bond acceptors (Lipinski definition) is 6. The monoisotopic (exact) mass is 294 g/mol. The Morgan fingerprint density at radius 1 is 1.32 bits per heavy atom. The van der Waals surface area contributed by atoms with Gasteiger partial charge in [0.1, 0.15) is 5.75 Å². The summed E-state index contributed by atoms with van der Waals surface area (Å²) in [6.07, 6.45) is 6.83. The highest BCUT2D eigenvalue weighted by Crippen LogP contribution is 2.18. The van der Waals surface area contributed by atoms with Crippen LogP contribution in [0.5, 0.6) is 5.75 Å². The zero-order valence-corrected chi connectivity index (χ0v) is 12.0. The molecular weight excluding hydrogens is 280 g/mol. The van der Waals surface area contributed by atoms with E-state index in [4.69, 9.17) is 11.2 Å². The van der Waals surface area contributed by atoms with Gasteiger partial charge >= 0.3 is 0 Å². The third-order valence-corrected chi connectivity index (χ3v) is 2.93. The molecule has 0 atom stereocenters. The van der Waals surface area contributed by atoms with Crippen LogP contribution in [0.15, 0.2) is 30.5 Å². The first-order valence-electron chi connectivity index (χ1n) is 6.81. The number of terminal acetylenes is 1. The van der Waals surface area contributed by atoms with Gasteiger partial charge in [-0.2, -0.15) is 9.67 Å². The number of anilines is 1. The molecule has 2 heterocycles. The van der Waals surface area contributed by atoms with Crippen molar-refractivity contribution >= 4 is 17.1 Å². The maximum atomic E-state index is 5.43. The van der Waals surface area contributed by atoms with Crippen molar-refractivity contribution in [3.05, 3.63) is 30.5 Å².